The molecule has 1 N–H and O–H groups in total. The molecule has 0 aliphatic carbocycles. The maximum Gasteiger partial charge on any atom is 0.261 e. The zero-order valence-corrected chi connectivity index (χ0v) is 21.3. The molecule has 0 radical (unpaired) electrons. The molecule has 194 valence electrons. The maximum atomic E-state index is 13.5. The molecule has 38 heavy (non-hydrogen) atoms. The van der Waals surface area contributed by atoms with Gasteiger partial charge in [0.1, 0.15) is 34.2 Å². The number of halogens is 1. The third-order valence-corrected chi connectivity index (χ3v) is 7.18. The minimum absolute atomic E-state index is 0.160. The Morgan fingerprint density at radius 2 is 1.79 bits per heavy atom. The predicted molar refractivity (Wildman–Crippen MR) is 144 cm³/mol. The summed E-state index contributed by atoms with van der Waals surface area (Å²) in [6, 6.07) is 14.9. The molecule has 3 aromatic carbocycles. The van der Waals surface area contributed by atoms with Gasteiger partial charge in [-0.15, -0.1) is 0 Å². The molecule has 0 atom stereocenters. The zero-order chi connectivity index (χ0) is 26.2. The van der Waals surface area contributed by atoms with E-state index >= 15 is 0 Å². The zero-order valence-electron chi connectivity index (χ0n) is 21.3. The van der Waals surface area contributed by atoms with Gasteiger partial charge in [0.15, 0.2) is 0 Å². The predicted octanol–water partition coefficient (Wildman–Crippen LogP) is 5.77. The topological polar surface area (TPSA) is 76.3 Å². The Kier molecular flexibility index (Phi) is 6.23. The summed E-state index contributed by atoms with van der Waals surface area (Å²) in [4.78, 5) is 20.8. The standard InChI is InChI=1S/C30H28FN3O4/c1-36-22-11-12-26(37-2)25(17-22)33-30-24(29(35)32-21-9-7-20(31)8-10-21)16-19-15-18-5-3-13-34-14-4-6-23(27(18)34)28(19)38-30/h7-12,15-17H,3-6,13-14H2,1-2H3,(H,32,35). The van der Waals surface area contributed by atoms with E-state index in [-0.39, 0.29) is 16.9 Å². The van der Waals surface area contributed by atoms with E-state index in [0.717, 1.165) is 49.7 Å². The Labute approximate surface area is 219 Å². The number of methoxy groups -OCH3 is 2. The molecule has 1 amide bonds. The van der Waals surface area contributed by atoms with E-state index in [9.17, 15) is 9.18 Å². The summed E-state index contributed by atoms with van der Waals surface area (Å²) >= 11 is 0. The minimum atomic E-state index is -0.407. The Bertz CT molecular complexity index is 1610. The first-order valence-corrected chi connectivity index (χ1v) is 12.8. The highest BCUT2D eigenvalue weighted by molar-refractivity contribution is 6.06. The van der Waals surface area contributed by atoms with E-state index < -0.39 is 5.91 Å². The number of hydrogen-bond acceptors (Lipinski definition) is 6. The largest absolute Gasteiger partial charge is 0.497 e. The van der Waals surface area contributed by atoms with Crippen LogP contribution in [0.3, 0.4) is 0 Å². The van der Waals surface area contributed by atoms with E-state index in [1.54, 1.807) is 32.4 Å². The van der Waals surface area contributed by atoms with Crippen molar-refractivity contribution in [2.24, 2.45) is 4.99 Å². The van der Waals surface area contributed by atoms with Crippen molar-refractivity contribution in [3.05, 3.63) is 82.7 Å². The van der Waals surface area contributed by atoms with Gasteiger partial charge in [-0.05, 0) is 79.8 Å². The fourth-order valence-corrected chi connectivity index (χ4v) is 5.42. The molecule has 0 saturated heterocycles. The van der Waals surface area contributed by atoms with Gasteiger partial charge in [-0.2, -0.15) is 0 Å². The summed E-state index contributed by atoms with van der Waals surface area (Å²) in [6.07, 6.45) is 4.06. The van der Waals surface area contributed by atoms with Gasteiger partial charge >= 0.3 is 0 Å². The molecule has 2 aliphatic heterocycles. The van der Waals surface area contributed by atoms with E-state index in [4.69, 9.17) is 18.9 Å². The Balaban J connectivity index is 1.57. The first-order valence-electron chi connectivity index (χ1n) is 12.8. The fourth-order valence-electron chi connectivity index (χ4n) is 5.42. The second kappa shape index (κ2) is 9.85. The first kappa shape index (κ1) is 24.0. The molecule has 6 rings (SSSR count). The minimum Gasteiger partial charge on any atom is -0.497 e. The Morgan fingerprint density at radius 1 is 1.00 bits per heavy atom. The van der Waals surface area contributed by atoms with Crippen LogP contribution in [-0.2, 0) is 12.8 Å². The van der Waals surface area contributed by atoms with E-state index in [0.29, 0.717) is 22.9 Å². The summed E-state index contributed by atoms with van der Waals surface area (Å²) in [7, 11) is 3.14. The average molecular weight is 514 g/mol. The van der Waals surface area contributed by atoms with E-state index in [1.165, 1.54) is 41.1 Å². The number of amides is 1. The molecule has 8 heteroatoms. The lowest BCUT2D eigenvalue weighted by atomic mass is 9.90. The summed E-state index contributed by atoms with van der Waals surface area (Å²) in [5, 5.41) is 3.71. The van der Waals surface area contributed by atoms with Crippen LogP contribution in [0.25, 0.3) is 11.0 Å². The SMILES string of the molecule is COc1ccc(OC)c(N=c2oc3c4c5c(cc3cc2C(=O)Nc2ccc(F)cc2)CCCN5CCC4)c1. The Morgan fingerprint density at radius 3 is 2.55 bits per heavy atom. The number of nitrogens with one attached hydrogen (secondary N) is 1. The second-order valence-corrected chi connectivity index (χ2v) is 9.55. The van der Waals surface area contributed by atoms with Gasteiger partial charge in [0.05, 0.1) is 14.2 Å². The number of hydrogen-bond donors (Lipinski definition) is 1. The number of carbonyl (C=O) groups excluding carboxylic acids is 1. The number of anilines is 2. The molecule has 0 fully saturated rings. The number of ether oxygens (including phenoxy) is 2. The van der Waals surface area contributed by atoms with Crippen molar-refractivity contribution < 1.29 is 23.1 Å². The van der Waals surface area contributed by atoms with Crippen LogP contribution in [0, 0.1) is 5.82 Å². The van der Waals surface area contributed by atoms with Crippen LogP contribution in [0.1, 0.15) is 34.3 Å². The molecular formula is C30H28FN3O4. The Hall–Kier alpha value is -4.33. The van der Waals surface area contributed by atoms with Crippen LogP contribution in [0.2, 0.25) is 0 Å². The van der Waals surface area contributed by atoms with Crippen LogP contribution in [0.5, 0.6) is 11.5 Å². The number of nitrogens with zero attached hydrogens (tertiary/aromatic N) is 2. The van der Waals surface area contributed by atoms with Crippen LogP contribution in [-0.4, -0.2) is 33.2 Å². The van der Waals surface area contributed by atoms with Crippen molar-refractivity contribution in [1.82, 2.24) is 0 Å². The summed E-state index contributed by atoms with van der Waals surface area (Å²) in [6.45, 7) is 2.09. The van der Waals surface area contributed by atoms with E-state index in [2.05, 4.69) is 16.3 Å². The van der Waals surface area contributed by atoms with Crippen molar-refractivity contribution >= 4 is 33.9 Å². The fraction of sp³-hybridized carbons (Fsp3) is 0.267. The molecule has 1 aromatic heterocycles. The number of fused-ring (bicyclic) bond motifs is 2. The maximum absolute atomic E-state index is 13.5. The van der Waals surface area contributed by atoms with Gasteiger partial charge in [0, 0.05) is 41.5 Å². The molecule has 3 heterocycles. The van der Waals surface area contributed by atoms with Crippen molar-refractivity contribution in [3.8, 4) is 11.5 Å². The lowest BCUT2D eigenvalue weighted by molar-refractivity contribution is 0.102. The lowest BCUT2D eigenvalue weighted by Gasteiger charge is -2.37. The number of aryl methyl sites for hydroxylation is 2. The van der Waals surface area contributed by atoms with Crippen molar-refractivity contribution in [2.45, 2.75) is 25.7 Å². The highest BCUT2D eigenvalue weighted by Crippen LogP contribution is 2.40. The second-order valence-electron chi connectivity index (χ2n) is 9.55. The monoisotopic (exact) mass is 513 g/mol. The summed E-state index contributed by atoms with van der Waals surface area (Å²) < 4.78 is 30.8. The van der Waals surface area contributed by atoms with Crippen molar-refractivity contribution in [2.75, 3.05) is 37.5 Å². The van der Waals surface area contributed by atoms with Crippen LogP contribution in [0.4, 0.5) is 21.5 Å². The third kappa shape index (κ3) is 4.36. The molecule has 0 spiro atoms. The van der Waals surface area contributed by atoms with Gasteiger partial charge < -0.3 is 24.1 Å². The quantitative estimate of drug-likeness (QED) is 0.367. The molecule has 7 nitrogen and oxygen atoms in total. The smallest absolute Gasteiger partial charge is 0.261 e. The molecule has 0 saturated carbocycles. The van der Waals surface area contributed by atoms with Gasteiger partial charge in [-0.1, -0.05) is 0 Å². The van der Waals surface area contributed by atoms with Crippen LogP contribution < -0.4 is 25.2 Å². The van der Waals surface area contributed by atoms with Crippen molar-refractivity contribution in [1.29, 1.82) is 0 Å². The van der Waals surface area contributed by atoms with Gasteiger partial charge in [0.2, 0.25) is 5.55 Å². The number of carbonyl (C=O) groups is 1. The highest BCUT2D eigenvalue weighted by atomic mass is 19.1. The highest BCUT2D eigenvalue weighted by Gasteiger charge is 2.27. The van der Waals surface area contributed by atoms with Gasteiger partial charge in [-0.3, -0.25) is 4.79 Å². The van der Waals surface area contributed by atoms with Gasteiger partial charge in [0.25, 0.3) is 5.91 Å². The molecule has 0 bridgehead atoms. The summed E-state index contributed by atoms with van der Waals surface area (Å²) in [5.74, 6) is 0.333. The van der Waals surface area contributed by atoms with Crippen molar-refractivity contribution in [3.63, 3.8) is 0 Å². The number of benzene rings is 3. The van der Waals surface area contributed by atoms with Crippen LogP contribution >= 0.6 is 0 Å². The normalized spacial score (nSPS) is 14.8. The van der Waals surface area contributed by atoms with Gasteiger partial charge in [-0.25, -0.2) is 9.38 Å². The lowest BCUT2D eigenvalue weighted by Crippen LogP contribution is -2.34. The first-order chi connectivity index (χ1) is 18.5. The van der Waals surface area contributed by atoms with Crippen LogP contribution in [0.15, 0.2) is 64.0 Å². The average Bonchev–Trinajstić information content (AvgIpc) is 2.94. The molecule has 0 unspecified atom stereocenters. The molecular weight excluding hydrogens is 485 g/mol. The number of rotatable bonds is 5. The molecule has 2 aliphatic rings. The van der Waals surface area contributed by atoms with E-state index in [1.807, 2.05) is 6.07 Å². The third-order valence-electron chi connectivity index (χ3n) is 7.18. The summed E-state index contributed by atoms with van der Waals surface area (Å²) in [5.41, 5.74) is 5.84. The molecule has 4 aromatic rings.